The first kappa shape index (κ1) is 26.0. The highest BCUT2D eigenvalue weighted by atomic mass is 16.1. The highest BCUT2D eigenvalue weighted by Crippen LogP contribution is 2.44. The summed E-state index contributed by atoms with van der Waals surface area (Å²) in [6.45, 7) is 0. The van der Waals surface area contributed by atoms with Gasteiger partial charge in [0, 0.05) is 21.5 Å². The van der Waals surface area contributed by atoms with Gasteiger partial charge < -0.3 is 0 Å². The molecule has 2 heteroatoms. The van der Waals surface area contributed by atoms with Crippen LogP contribution in [-0.2, 0) is 0 Å². The molecule has 0 saturated carbocycles. The molecule has 0 aliphatic carbocycles. The fraction of sp³-hybridized carbons (Fsp3) is 0. The molecule has 0 N–H and O–H groups in total. The molecule has 0 atom stereocenters. The predicted molar refractivity (Wildman–Crippen MR) is 200 cm³/mol. The number of hydrogen-bond acceptors (Lipinski definition) is 1. The third-order valence-corrected chi connectivity index (χ3v) is 9.94. The third-order valence-electron chi connectivity index (χ3n) is 9.94. The van der Waals surface area contributed by atoms with Crippen molar-refractivity contribution in [3.63, 3.8) is 0 Å². The molecule has 0 radical (unpaired) electrons. The first-order valence-corrected chi connectivity index (χ1v) is 16.1. The van der Waals surface area contributed by atoms with Gasteiger partial charge in [0.25, 0.3) is 5.56 Å². The molecule has 9 aromatic carbocycles. The summed E-state index contributed by atoms with van der Waals surface area (Å²) in [5.41, 5.74) is 4.19. The van der Waals surface area contributed by atoms with Crippen molar-refractivity contribution in [1.29, 1.82) is 0 Å². The van der Waals surface area contributed by atoms with Gasteiger partial charge in [-0.25, -0.2) is 0 Å². The van der Waals surface area contributed by atoms with Gasteiger partial charge >= 0.3 is 0 Å². The van der Waals surface area contributed by atoms with Crippen LogP contribution in [0.3, 0.4) is 0 Å². The van der Waals surface area contributed by atoms with E-state index in [1.165, 1.54) is 43.4 Å². The predicted octanol–water partition coefficient (Wildman–Crippen LogP) is 11.6. The number of para-hydroxylation sites is 1. The highest BCUT2D eigenvalue weighted by Gasteiger charge is 2.21. The zero-order valence-corrected chi connectivity index (χ0v) is 25.4. The number of nitrogens with zero attached hydrogens (tertiary/aromatic N) is 1. The summed E-state index contributed by atoms with van der Waals surface area (Å²) in [5, 5.41) is 14.5. The quantitative estimate of drug-likeness (QED) is 0.144. The van der Waals surface area contributed by atoms with Crippen LogP contribution < -0.4 is 5.56 Å². The molecular formula is C45H27NO. The van der Waals surface area contributed by atoms with E-state index in [0.717, 1.165) is 48.9 Å². The van der Waals surface area contributed by atoms with Gasteiger partial charge in [0.15, 0.2) is 0 Å². The monoisotopic (exact) mass is 597 g/mol. The molecule has 2 nitrogen and oxygen atoms in total. The Morgan fingerprint density at radius 1 is 0.340 bits per heavy atom. The van der Waals surface area contributed by atoms with Gasteiger partial charge in [-0.15, -0.1) is 0 Å². The molecule has 218 valence electrons. The highest BCUT2D eigenvalue weighted by molar-refractivity contribution is 6.24. The molecular weight excluding hydrogens is 571 g/mol. The Kier molecular flexibility index (Phi) is 5.47. The van der Waals surface area contributed by atoms with Crippen LogP contribution in [0.2, 0.25) is 0 Å². The van der Waals surface area contributed by atoms with E-state index in [9.17, 15) is 4.79 Å². The maximum absolute atomic E-state index is 14.5. The molecule has 0 bridgehead atoms. The largest absolute Gasteiger partial charge is 0.275 e. The standard InChI is InChI=1S/C45H27NO/c47-45-40-20-8-3-14-32(40)34-15-9-10-23-42(34)46(45)44-38-18-6-4-16-36(38)43(37-17-5-7-19-39(37)44)35-22-11-21-31-33(35)25-24-30-26-28-12-1-2-13-29(28)27-41(30)31/h1-27H. The molecule has 10 rings (SSSR count). The van der Waals surface area contributed by atoms with Crippen molar-refractivity contribution in [2.75, 3.05) is 0 Å². The summed E-state index contributed by atoms with van der Waals surface area (Å²) in [6.07, 6.45) is 0. The lowest BCUT2D eigenvalue weighted by Crippen LogP contribution is -2.20. The van der Waals surface area contributed by atoms with Gasteiger partial charge in [-0.05, 0) is 83.9 Å². The molecule has 0 aliphatic heterocycles. The van der Waals surface area contributed by atoms with Crippen LogP contribution >= 0.6 is 0 Å². The lowest BCUT2D eigenvalue weighted by Gasteiger charge is -2.21. The Balaban J connectivity index is 1.36. The minimum atomic E-state index is -0.00814. The first-order valence-electron chi connectivity index (χ1n) is 16.1. The molecule has 0 amide bonds. The van der Waals surface area contributed by atoms with Crippen LogP contribution in [0.25, 0.3) is 92.4 Å². The van der Waals surface area contributed by atoms with Gasteiger partial charge in [0.2, 0.25) is 0 Å². The van der Waals surface area contributed by atoms with Crippen LogP contribution in [0.15, 0.2) is 169 Å². The fourth-order valence-electron chi connectivity index (χ4n) is 7.89. The Morgan fingerprint density at radius 3 is 1.60 bits per heavy atom. The smallest absolute Gasteiger partial charge is 0.263 e. The van der Waals surface area contributed by atoms with Crippen molar-refractivity contribution in [3.8, 4) is 16.8 Å². The zero-order valence-electron chi connectivity index (χ0n) is 25.4. The van der Waals surface area contributed by atoms with E-state index in [0.29, 0.717) is 0 Å². The molecule has 0 unspecified atom stereocenters. The third kappa shape index (κ3) is 3.70. The normalized spacial score (nSPS) is 11.9. The lowest BCUT2D eigenvalue weighted by molar-refractivity contribution is 1.08. The van der Waals surface area contributed by atoms with E-state index in [-0.39, 0.29) is 5.56 Å². The summed E-state index contributed by atoms with van der Waals surface area (Å²) in [6, 6.07) is 57.8. The average molecular weight is 598 g/mol. The second kappa shape index (κ2) is 9.87. The Labute approximate surface area is 270 Å². The van der Waals surface area contributed by atoms with Crippen molar-refractivity contribution < 1.29 is 0 Å². The van der Waals surface area contributed by atoms with E-state index in [2.05, 4.69) is 140 Å². The van der Waals surface area contributed by atoms with Crippen LogP contribution in [0, 0.1) is 0 Å². The van der Waals surface area contributed by atoms with E-state index >= 15 is 0 Å². The number of hydrogen-bond donors (Lipinski definition) is 0. The minimum Gasteiger partial charge on any atom is -0.275 e. The Hall–Kier alpha value is -6.25. The van der Waals surface area contributed by atoms with Gasteiger partial charge in [0.05, 0.1) is 11.2 Å². The van der Waals surface area contributed by atoms with Crippen molar-refractivity contribution in [1.82, 2.24) is 4.57 Å². The van der Waals surface area contributed by atoms with Gasteiger partial charge in [-0.1, -0.05) is 140 Å². The first-order chi connectivity index (χ1) is 23.3. The zero-order chi connectivity index (χ0) is 31.1. The summed E-state index contributed by atoms with van der Waals surface area (Å²) < 4.78 is 1.95. The van der Waals surface area contributed by atoms with Gasteiger partial charge in [0.1, 0.15) is 0 Å². The molecule has 1 heterocycles. The second-order valence-electron chi connectivity index (χ2n) is 12.4. The van der Waals surface area contributed by atoms with Crippen molar-refractivity contribution in [2.24, 2.45) is 0 Å². The number of fused-ring (bicyclic) bond motifs is 9. The lowest BCUT2D eigenvalue weighted by atomic mass is 9.87. The van der Waals surface area contributed by atoms with Crippen molar-refractivity contribution in [3.05, 3.63) is 174 Å². The molecule has 10 aromatic rings. The van der Waals surface area contributed by atoms with Gasteiger partial charge in [-0.2, -0.15) is 0 Å². The summed E-state index contributed by atoms with van der Waals surface area (Å²) in [7, 11) is 0. The number of rotatable bonds is 2. The molecule has 47 heavy (non-hydrogen) atoms. The van der Waals surface area contributed by atoms with E-state index < -0.39 is 0 Å². The maximum atomic E-state index is 14.5. The van der Waals surface area contributed by atoms with E-state index in [1.807, 2.05) is 28.8 Å². The van der Waals surface area contributed by atoms with Crippen LogP contribution in [0.4, 0.5) is 0 Å². The van der Waals surface area contributed by atoms with Crippen LogP contribution in [-0.4, -0.2) is 4.57 Å². The number of pyridine rings is 1. The fourth-order valence-corrected chi connectivity index (χ4v) is 7.89. The molecule has 0 saturated heterocycles. The average Bonchev–Trinajstić information content (AvgIpc) is 3.13. The van der Waals surface area contributed by atoms with E-state index in [4.69, 9.17) is 0 Å². The molecule has 1 aromatic heterocycles. The van der Waals surface area contributed by atoms with E-state index in [1.54, 1.807) is 0 Å². The Morgan fingerprint density at radius 2 is 0.872 bits per heavy atom. The second-order valence-corrected chi connectivity index (χ2v) is 12.4. The van der Waals surface area contributed by atoms with Gasteiger partial charge in [-0.3, -0.25) is 9.36 Å². The summed E-state index contributed by atoms with van der Waals surface area (Å²) >= 11 is 0. The number of aromatic nitrogens is 1. The maximum Gasteiger partial charge on any atom is 0.263 e. The minimum absolute atomic E-state index is 0.00814. The summed E-state index contributed by atoms with van der Waals surface area (Å²) in [5.74, 6) is 0. The van der Waals surface area contributed by atoms with Crippen LogP contribution in [0.1, 0.15) is 0 Å². The molecule has 0 fully saturated rings. The molecule has 0 aliphatic rings. The topological polar surface area (TPSA) is 22.0 Å². The molecule has 0 spiro atoms. The Bertz CT molecular complexity index is 2930. The SMILES string of the molecule is O=c1c2ccccc2c2ccccc2n1-c1c2ccccc2c(-c2cccc3c2ccc2cc4ccccc4cc23)c2ccccc12. The van der Waals surface area contributed by atoms with Crippen molar-refractivity contribution in [2.45, 2.75) is 0 Å². The van der Waals surface area contributed by atoms with Crippen LogP contribution in [0.5, 0.6) is 0 Å². The van der Waals surface area contributed by atoms with Crippen molar-refractivity contribution >= 4 is 75.5 Å². The summed E-state index contributed by atoms with van der Waals surface area (Å²) in [4.78, 5) is 14.5. The number of benzene rings is 9.